The minimum Gasteiger partial charge on any atom is -0.481 e. The lowest BCUT2D eigenvalue weighted by Crippen LogP contribution is -2.36. The van der Waals surface area contributed by atoms with Gasteiger partial charge in [0.1, 0.15) is 6.54 Å². The Morgan fingerprint density at radius 3 is 2.90 bits per heavy atom. The van der Waals surface area contributed by atoms with E-state index in [-0.39, 0.29) is 24.4 Å². The zero-order valence-corrected chi connectivity index (χ0v) is 11.5. The van der Waals surface area contributed by atoms with E-state index in [9.17, 15) is 9.59 Å². The van der Waals surface area contributed by atoms with Crippen LogP contribution < -0.4 is 5.32 Å². The molecule has 21 heavy (non-hydrogen) atoms. The molecule has 1 aromatic heterocycles. The summed E-state index contributed by atoms with van der Waals surface area (Å²) in [5.74, 6) is -1.23. The maximum absolute atomic E-state index is 12.1. The van der Waals surface area contributed by atoms with Crippen LogP contribution in [0.4, 0.5) is 0 Å². The first-order chi connectivity index (χ1) is 10.1. The van der Waals surface area contributed by atoms with Gasteiger partial charge in [0, 0.05) is 11.4 Å². The molecular formula is C15H17N3O3. The Hall–Kier alpha value is -2.37. The fourth-order valence-electron chi connectivity index (χ4n) is 2.90. The Morgan fingerprint density at radius 2 is 2.14 bits per heavy atom. The molecule has 1 amide bonds. The van der Waals surface area contributed by atoms with Crippen LogP contribution in [-0.2, 0) is 16.1 Å². The van der Waals surface area contributed by atoms with Crippen molar-refractivity contribution in [3.05, 3.63) is 30.5 Å². The van der Waals surface area contributed by atoms with Crippen molar-refractivity contribution in [3.63, 3.8) is 0 Å². The van der Waals surface area contributed by atoms with Gasteiger partial charge in [-0.05, 0) is 25.3 Å². The number of carboxylic acids is 1. The van der Waals surface area contributed by atoms with E-state index in [1.807, 2.05) is 24.3 Å². The van der Waals surface area contributed by atoms with Crippen LogP contribution in [0.25, 0.3) is 10.9 Å². The number of hydrogen-bond acceptors (Lipinski definition) is 3. The van der Waals surface area contributed by atoms with Crippen molar-refractivity contribution < 1.29 is 14.7 Å². The van der Waals surface area contributed by atoms with Crippen molar-refractivity contribution in [2.24, 2.45) is 5.92 Å². The van der Waals surface area contributed by atoms with Gasteiger partial charge < -0.3 is 10.4 Å². The monoisotopic (exact) mass is 287 g/mol. The zero-order valence-electron chi connectivity index (χ0n) is 11.5. The van der Waals surface area contributed by atoms with E-state index in [1.54, 1.807) is 10.9 Å². The van der Waals surface area contributed by atoms with E-state index in [2.05, 4.69) is 10.4 Å². The van der Waals surface area contributed by atoms with Crippen LogP contribution in [0, 0.1) is 5.92 Å². The molecule has 3 rings (SSSR count). The predicted octanol–water partition coefficient (Wildman–Crippen LogP) is 1.41. The van der Waals surface area contributed by atoms with Crippen LogP contribution >= 0.6 is 0 Å². The van der Waals surface area contributed by atoms with Gasteiger partial charge in [-0.1, -0.05) is 18.2 Å². The Balaban J connectivity index is 1.61. The number of rotatable bonds is 4. The fraction of sp³-hybridized carbons (Fsp3) is 0.400. The van der Waals surface area contributed by atoms with Crippen LogP contribution in [0.3, 0.4) is 0 Å². The molecule has 6 heteroatoms. The summed E-state index contributed by atoms with van der Waals surface area (Å²) < 4.78 is 1.66. The van der Waals surface area contributed by atoms with Gasteiger partial charge in [-0.25, -0.2) is 0 Å². The number of nitrogens with zero attached hydrogens (tertiary/aromatic N) is 2. The van der Waals surface area contributed by atoms with Gasteiger partial charge in [0.05, 0.1) is 17.6 Å². The van der Waals surface area contributed by atoms with Crippen molar-refractivity contribution >= 4 is 22.8 Å². The summed E-state index contributed by atoms with van der Waals surface area (Å²) >= 11 is 0. The van der Waals surface area contributed by atoms with E-state index >= 15 is 0 Å². The third-order valence-corrected chi connectivity index (χ3v) is 3.99. The number of nitrogens with one attached hydrogen (secondary N) is 1. The highest BCUT2D eigenvalue weighted by Crippen LogP contribution is 2.25. The van der Waals surface area contributed by atoms with Crippen LogP contribution in [-0.4, -0.2) is 32.8 Å². The topological polar surface area (TPSA) is 84.2 Å². The minimum absolute atomic E-state index is 0.0413. The molecule has 2 N–H and O–H groups in total. The van der Waals surface area contributed by atoms with Gasteiger partial charge >= 0.3 is 5.97 Å². The lowest BCUT2D eigenvalue weighted by Gasteiger charge is -2.12. The first kappa shape index (κ1) is 13.6. The number of hydrogen-bond donors (Lipinski definition) is 2. The van der Waals surface area contributed by atoms with Crippen molar-refractivity contribution in [2.75, 3.05) is 0 Å². The number of para-hydroxylation sites is 1. The predicted molar refractivity (Wildman–Crippen MR) is 76.6 cm³/mol. The Morgan fingerprint density at radius 1 is 1.33 bits per heavy atom. The van der Waals surface area contributed by atoms with Gasteiger partial charge in [0.25, 0.3) is 0 Å². The molecule has 0 bridgehead atoms. The SMILES string of the molecule is O=C(Cn1ncc2ccccc21)N[C@H]1CC[C@@H](C(=O)O)C1. The second-order valence-electron chi connectivity index (χ2n) is 5.47. The highest BCUT2D eigenvalue weighted by atomic mass is 16.4. The molecule has 1 heterocycles. The number of amides is 1. The molecule has 1 aromatic carbocycles. The average Bonchev–Trinajstić information content (AvgIpc) is 3.07. The highest BCUT2D eigenvalue weighted by molar-refractivity contribution is 5.82. The molecule has 2 aromatic rings. The van der Waals surface area contributed by atoms with Crippen LogP contribution in [0.1, 0.15) is 19.3 Å². The maximum atomic E-state index is 12.1. The van der Waals surface area contributed by atoms with E-state index in [0.717, 1.165) is 17.3 Å². The molecule has 110 valence electrons. The van der Waals surface area contributed by atoms with E-state index in [0.29, 0.717) is 12.8 Å². The summed E-state index contributed by atoms with van der Waals surface area (Å²) in [6.07, 6.45) is 3.60. The van der Waals surface area contributed by atoms with Gasteiger partial charge in [-0.3, -0.25) is 14.3 Å². The molecule has 0 radical (unpaired) electrons. The molecule has 1 saturated carbocycles. The zero-order chi connectivity index (χ0) is 14.8. The Labute approximate surface area is 121 Å². The van der Waals surface area contributed by atoms with Gasteiger partial charge in [0.15, 0.2) is 0 Å². The van der Waals surface area contributed by atoms with Gasteiger partial charge in [-0.2, -0.15) is 5.10 Å². The lowest BCUT2D eigenvalue weighted by atomic mass is 10.1. The van der Waals surface area contributed by atoms with Crippen molar-refractivity contribution in [1.29, 1.82) is 0 Å². The van der Waals surface area contributed by atoms with Gasteiger partial charge in [0.2, 0.25) is 5.91 Å². The highest BCUT2D eigenvalue weighted by Gasteiger charge is 2.30. The van der Waals surface area contributed by atoms with Crippen molar-refractivity contribution in [2.45, 2.75) is 31.8 Å². The normalized spacial score (nSPS) is 21.5. The minimum atomic E-state index is -0.773. The van der Waals surface area contributed by atoms with Crippen molar-refractivity contribution in [3.8, 4) is 0 Å². The number of carbonyl (C=O) groups is 2. The summed E-state index contributed by atoms with van der Waals surface area (Å²) in [6, 6.07) is 7.67. The Bertz CT molecular complexity index is 680. The van der Waals surface area contributed by atoms with Crippen LogP contribution in [0.5, 0.6) is 0 Å². The number of benzene rings is 1. The second-order valence-corrected chi connectivity index (χ2v) is 5.47. The molecule has 2 atom stereocenters. The summed E-state index contributed by atoms with van der Waals surface area (Å²) in [5, 5.41) is 17.1. The number of carboxylic acid groups (broad SMARTS) is 1. The smallest absolute Gasteiger partial charge is 0.306 e. The van der Waals surface area contributed by atoms with E-state index in [1.165, 1.54) is 0 Å². The van der Waals surface area contributed by atoms with Gasteiger partial charge in [-0.15, -0.1) is 0 Å². The molecule has 0 unspecified atom stereocenters. The summed E-state index contributed by atoms with van der Waals surface area (Å²) in [5.41, 5.74) is 0.919. The molecule has 0 saturated heterocycles. The molecule has 1 aliphatic rings. The molecule has 1 aliphatic carbocycles. The summed E-state index contributed by atoms with van der Waals surface area (Å²) in [6.45, 7) is 0.155. The first-order valence-electron chi connectivity index (χ1n) is 7.06. The van der Waals surface area contributed by atoms with E-state index in [4.69, 9.17) is 5.11 Å². The first-order valence-corrected chi connectivity index (χ1v) is 7.06. The molecule has 1 fully saturated rings. The molecule has 0 spiro atoms. The second kappa shape index (κ2) is 5.55. The average molecular weight is 287 g/mol. The summed E-state index contributed by atoms with van der Waals surface area (Å²) in [7, 11) is 0. The maximum Gasteiger partial charge on any atom is 0.306 e. The van der Waals surface area contributed by atoms with Crippen LogP contribution in [0.15, 0.2) is 30.5 Å². The standard InChI is InChI=1S/C15H17N3O3/c19-14(17-12-6-5-10(7-12)15(20)21)9-18-13-4-2-1-3-11(13)8-16-18/h1-4,8,10,12H,5-7,9H2,(H,17,19)(H,20,21)/t10-,12+/m1/s1. The summed E-state index contributed by atoms with van der Waals surface area (Å²) in [4.78, 5) is 23.0. The lowest BCUT2D eigenvalue weighted by molar-refractivity contribution is -0.141. The number of aliphatic carboxylic acids is 1. The Kier molecular flexibility index (Phi) is 3.60. The fourth-order valence-corrected chi connectivity index (χ4v) is 2.90. The number of fused-ring (bicyclic) bond motifs is 1. The quantitative estimate of drug-likeness (QED) is 0.890. The molecule has 0 aliphatic heterocycles. The van der Waals surface area contributed by atoms with E-state index < -0.39 is 5.97 Å². The molecular weight excluding hydrogens is 270 g/mol. The third-order valence-electron chi connectivity index (χ3n) is 3.99. The van der Waals surface area contributed by atoms with Crippen molar-refractivity contribution in [1.82, 2.24) is 15.1 Å². The largest absolute Gasteiger partial charge is 0.481 e. The molecule has 6 nitrogen and oxygen atoms in total. The van der Waals surface area contributed by atoms with Crippen LogP contribution in [0.2, 0.25) is 0 Å². The third kappa shape index (κ3) is 2.89. The number of aromatic nitrogens is 2. The number of carbonyl (C=O) groups excluding carboxylic acids is 1.